The van der Waals surface area contributed by atoms with Crippen molar-refractivity contribution in [1.29, 1.82) is 0 Å². The molecule has 0 heterocycles. The molecule has 1 aromatic rings. The smallest absolute Gasteiger partial charge is 0.241 e. The highest BCUT2D eigenvalue weighted by atomic mass is 19.1. The number of benzene rings is 1. The number of hydrogen-bond donors (Lipinski definition) is 2. The average molecular weight is 297 g/mol. The topological polar surface area (TPSA) is 67.6 Å². The molecule has 5 nitrogen and oxygen atoms in total. The predicted molar refractivity (Wildman–Crippen MR) is 82.6 cm³/mol. The second-order valence-electron chi connectivity index (χ2n) is 5.30. The molecule has 0 fully saturated rings. The van der Waals surface area contributed by atoms with Crippen molar-refractivity contribution in [1.82, 2.24) is 4.90 Å². The highest BCUT2D eigenvalue weighted by Gasteiger charge is 2.18. The maximum Gasteiger partial charge on any atom is 0.241 e. The van der Waals surface area contributed by atoms with Gasteiger partial charge in [0.05, 0.1) is 30.1 Å². The largest absolute Gasteiger partial charge is 0.397 e. The number of amides is 1. The first-order chi connectivity index (χ1) is 9.81. The first-order valence-electron chi connectivity index (χ1n) is 6.99. The maximum absolute atomic E-state index is 13.0. The van der Waals surface area contributed by atoms with Crippen LogP contribution in [0.4, 0.5) is 15.8 Å². The summed E-state index contributed by atoms with van der Waals surface area (Å²) in [5.74, 6) is -0.623. The van der Waals surface area contributed by atoms with E-state index in [1.807, 2.05) is 25.8 Å². The molecule has 118 valence electrons. The Morgan fingerprint density at radius 3 is 2.67 bits per heavy atom. The van der Waals surface area contributed by atoms with Crippen LogP contribution in [0.1, 0.15) is 20.8 Å². The third kappa shape index (κ3) is 5.69. The zero-order valence-electron chi connectivity index (χ0n) is 13.0. The van der Waals surface area contributed by atoms with Crippen LogP contribution < -0.4 is 11.1 Å². The summed E-state index contributed by atoms with van der Waals surface area (Å²) in [4.78, 5) is 14.0. The number of nitrogens with one attached hydrogen (secondary N) is 1. The molecule has 6 heteroatoms. The Hall–Kier alpha value is -1.66. The van der Waals surface area contributed by atoms with Crippen molar-refractivity contribution in [3.63, 3.8) is 0 Å². The van der Waals surface area contributed by atoms with Gasteiger partial charge in [0.25, 0.3) is 0 Å². The number of ether oxygens (including phenoxy) is 1. The van der Waals surface area contributed by atoms with Crippen LogP contribution in [0.15, 0.2) is 18.2 Å². The number of hydrogen-bond acceptors (Lipinski definition) is 4. The molecule has 21 heavy (non-hydrogen) atoms. The number of likely N-dealkylation sites (N-methyl/N-ethyl adjacent to an activating group) is 1. The number of nitrogens with two attached hydrogens (primary N) is 1. The lowest BCUT2D eigenvalue weighted by Gasteiger charge is -2.24. The number of rotatable bonds is 7. The summed E-state index contributed by atoms with van der Waals surface area (Å²) in [6, 6.07) is 3.55. The van der Waals surface area contributed by atoms with Crippen molar-refractivity contribution >= 4 is 17.3 Å². The Bertz CT molecular complexity index is 480. The van der Waals surface area contributed by atoms with Gasteiger partial charge in [-0.25, -0.2) is 4.39 Å². The number of carbonyl (C=O) groups is 1. The molecule has 0 aliphatic heterocycles. The second kappa shape index (κ2) is 7.95. The molecule has 3 N–H and O–H groups in total. The second-order valence-corrected chi connectivity index (χ2v) is 5.30. The van der Waals surface area contributed by atoms with Crippen LogP contribution in [0.2, 0.25) is 0 Å². The van der Waals surface area contributed by atoms with Gasteiger partial charge in [-0.1, -0.05) is 0 Å². The van der Waals surface area contributed by atoms with Gasteiger partial charge in [-0.3, -0.25) is 9.69 Å². The SMILES string of the molecule is CC(C)OCCN(C)C(C)C(=O)Nc1ccc(F)cc1N. The highest BCUT2D eigenvalue weighted by molar-refractivity contribution is 5.97. The minimum atomic E-state index is -0.429. The Morgan fingerprint density at radius 2 is 2.10 bits per heavy atom. The molecule has 0 aliphatic carbocycles. The van der Waals surface area contributed by atoms with Gasteiger partial charge in [0.15, 0.2) is 0 Å². The Morgan fingerprint density at radius 1 is 1.43 bits per heavy atom. The predicted octanol–water partition coefficient (Wildman–Crippen LogP) is 2.09. The van der Waals surface area contributed by atoms with Crippen molar-refractivity contribution in [2.45, 2.75) is 32.9 Å². The zero-order valence-corrected chi connectivity index (χ0v) is 13.0. The summed E-state index contributed by atoms with van der Waals surface area (Å²) in [7, 11) is 1.85. The molecule has 1 aromatic carbocycles. The van der Waals surface area contributed by atoms with Crippen LogP contribution in [0.25, 0.3) is 0 Å². The highest BCUT2D eigenvalue weighted by Crippen LogP contribution is 2.19. The van der Waals surface area contributed by atoms with E-state index in [2.05, 4.69) is 5.32 Å². The van der Waals surface area contributed by atoms with Gasteiger partial charge in [0.1, 0.15) is 5.82 Å². The van der Waals surface area contributed by atoms with E-state index in [1.165, 1.54) is 18.2 Å². The summed E-state index contributed by atoms with van der Waals surface area (Å²) in [6.45, 7) is 6.93. The first-order valence-corrected chi connectivity index (χ1v) is 6.99. The summed E-state index contributed by atoms with van der Waals surface area (Å²) < 4.78 is 18.4. The van der Waals surface area contributed by atoms with Gasteiger partial charge >= 0.3 is 0 Å². The minimum absolute atomic E-state index is 0.168. The molecule has 0 radical (unpaired) electrons. The van der Waals surface area contributed by atoms with Crippen molar-refractivity contribution in [3.8, 4) is 0 Å². The fourth-order valence-electron chi connectivity index (χ4n) is 1.71. The Balaban J connectivity index is 2.53. The molecular weight excluding hydrogens is 273 g/mol. The van der Waals surface area contributed by atoms with E-state index in [9.17, 15) is 9.18 Å². The van der Waals surface area contributed by atoms with Crippen molar-refractivity contribution in [2.24, 2.45) is 0 Å². The van der Waals surface area contributed by atoms with Crippen molar-refractivity contribution in [2.75, 3.05) is 31.2 Å². The van der Waals surface area contributed by atoms with Gasteiger partial charge in [-0.2, -0.15) is 0 Å². The Kier molecular flexibility index (Phi) is 6.58. The van der Waals surface area contributed by atoms with E-state index in [0.29, 0.717) is 18.8 Å². The molecule has 1 unspecified atom stereocenters. The fourth-order valence-corrected chi connectivity index (χ4v) is 1.71. The van der Waals surface area contributed by atoms with Crippen molar-refractivity contribution < 1.29 is 13.9 Å². The van der Waals surface area contributed by atoms with Crippen LogP contribution >= 0.6 is 0 Å². The summed E-state index contributed by atoms with van der Waals surface area (Å²) in [5.41, 5.74) is 6.30. The van der Waals surface area contributed by atoms with Gasteiger partial charge < -0.3 is 15.8 Å². The number of nitrogen functional groups attached to an aromatic ring is 1. The lowest BCUT2D eigenvalue weighted by atomic mass is 10.2. The van der Waals surface area contributed by atoms with Gasteiger partial charge in [0, 0.05) is 6.54 Å². The molecule has 0 aliphatic rings. The summed E-state index contributed by atoms with van der Waals surface area (Å²) in [5, 5.41) is 2.70. The van der Waals surface area contributed by atoms with E-state index in [0.717, 1.165) is 0 Å². The third-order valence-electron chi connectivity index (χ3n) is 3.21. The number of halogens is 1. The van der Waals surface area contributed by atoms with Crippen molar-refractivity contribution in [3.05, 3.63) is 24.0 Å². The van der Waals surface area contributed by atoms with Crippen LogP contribution in [-0.4, -0.2) is 43.2 Å². The van der Waals surface area contributed by atoms with Gasteiger partial charge in [-0.15, -0.1) is 0 Å². The quantitative estimate of drug-likeness (QED) is 0.756. The molecular formula is C15H24FN3O2. The molecule has 0 saturated carbocycles. The molecule has 0 aromatic heterocycles. The van der Waals surface area contributed by atoms with E-state index in [4.69, 9.17) is 10.5 Å². The number of anilines is 2. The molecule has 1 amide bonds. The van der Waals surface area contributed by atoms with E-state index in [1.54, 1.807) is 6.92 Å². The Labute approximate surface area is 125 Å². The van der Waals surface area contributed by atoms with E-state index >= 15 is 0 Å². The molecule has 0 saturated heterocycles. The molecule has 1 atom stereocenters. The van der Waals surface area contributed by atoms with Crippen LogP contribution in [0.3, 0.4) is 0 Å². The zero-order chi connectivity index (χ0) is 16.0. The molecule has 0 spiro atoms. The van der Waals surface area contributed by atoms with Crippen LogP contribution in [-0.2, 0) is 9.53 Å². The third-order valence-corrected chi connectivity index (χ3v) is 3.21. The monoisotopic (exact) mass is 297 g/mol. The average Bonchev–Trinajstić information content (AvgIpc) is 2.40. The van der Waals surface area contributed by atoms with Crippen LogP contribution in [0, 0.1) is 5.82 Å². The lowest BCUT2D eigenvalue weighted by Crippen LogP contribution is -2.41. The minimum Gasteiger partial charge on any atom is -0.397 e. The van der Waals surface area contributed by atoms with Gasteiger partial charge in [-0.05, 0) is 46.0 Å². The fraction of sp³-hybridized carbons (Fsp3) is 0.533. The summed E-state index contributed by atoms with van der Waals surface area (Å²) >= 11 is 0. The lowest BCUT2D eigenvalue weighted by molar-refractivity contribution is -0.120. The maximum atomic E-state index is 13.0. The van der Waals surface area contributed by atoms with Gasteiger partial charge in [0.2, 0.25) is 5.91 Å². The molecule has 1 rings (SSSR count). The number of nitrogens with zero attached hydrogens (tertiary/aromatic N) is 1. The van der Waals surface area contributed by atoms with E-state index < -0.39 is 5.82 Å². The van der Waals surface area contributed by atoms with E-state index in [-0.39, 0.29) is 23.7 Å². The normalized spacial score (nSPS) is 12.7. The standard InChI is InChI=1S/C15H24FN3O2/c1-10(2)21-8-7-19(4)11(3)15(20)18-14-6-5-12(16)9-13(14)17/h5-6,9-11H,7-8,17H2,1-4H3,(H,18,20). The number of carbonyl (C=O) groups excluding carboxylic acids is 1. The van der Waals surface area contributed by atoms with Crippen LogP contribution in [0.5, 0.6) is 0 Å². The first kappa shape index (κ1) is 17.4. The summed E-state index contributed by atoms with van der Waals surface area (Å²) in [6.07, 6.45) is 0.168. The molecule has 0 bridgehead atoms.